The molecule has 2 heterocycles. The van der Waals surface area contributed by atoms with E-state index in [1.807, 2.05) is 30.0 Å². The van der Waals surface area contributed by atoms with Gasteiger partial charge >= 0.3 is 0 Å². The maximum atomic E-state index is 13.2. The predicted molar refractivity (Wildman–Crippen MR) is 120 cm³/mol. The highest BCUT2D eigenvalue weighted by atomic mass is 32.2. The first-order chi connectivity index (χ1) is 14.8. The minimum atomic E-state index is -2.96. The molecular formula is C23H22FN3O3S. The molecule has 6 nitrogen and oxygen atoms in total. The van der Waals surface area contributed by atoms with Crippen LogP contribution >= 0.6 is 0 Å². The van der Waals surface area contributed by atoms with Crippen LogP contribution in [0.1, 0.15) is 15.9 Å². The maximum Gasteiger partial charge on any atom is 0.257 e. The average molecular weight is 440 g/mol. The summed E-state index contributed by atoms with van der Waals surface area (Å²) in [7, 11) is -2.96. The molecule has 8 heteroatoms. The molecule has 0 saturated carbocycles. The second-order valence-electron chi connectivity index (χ2n) is 7.48. The van der Waals surface area contributed by atoms with E-state index in [1.165, 1.54) is 18.3 Å². The van der Waals surface area contributed by atoms with Gasteiger partial charge in [0.2, 0.25) is 0 Å². The zero-order valence-corrected chi connectivity index (χ0v) is 17.8. The summed E-state index contributed by atoms with van der Waals surface area (Å²) in [4.78, 5) is 19.0. The minimum absolute atomic E-state index is 0.112. The Morgan fingerprint density at radius 3 is 2.39 bits per heavy atom. The van der Waals surface area contributed by atoms with Gasteiger partial charge in [0.15, 0.2) is 9.84 Å². The molecule has 0 spiro atoms. The third-order valence-electron chi connectivity index (χ3n) is 5.42. The molecule has 1 aliphatic heterocycles. The molecule has 1 amide bonds. The van der Waals surface area contributed by atoms with Crippen molar-refractivity contribution in [2.24, 2.45) is 0 Å². The highest BCUT2D eigenvalue weighted by molar-refractivity contribution is 7.91. The van der Waals surface area contributed by atoms with Crippen LogP contribution in [0, 0.1) is 12.7 Å². The van der Waals surface area contributed by atoms with Crippen LogP contribution in [0.2, 0.25) is 0 Å². The molecule has 2 aromatic carbocycles. The second-order valence-corrected chi connectivity index (χ2v) is 9.79. The zero-order chi connectivity index (χ0) is 22.0. The summed E-state index contributed by atoms with van der Waals surface area (Å²) in [5.74, 6) is 0.287. The number of halogens is 1. The lowest BCUT2D eigenvalue weighted by molar-refractivity contribution is 0.102. The summed E-state index contributed by atoms with van der Waals surface area (Å²) >= 11 is 0. The van der Waals surface area contributed by atoms with E-state index in [9.17, 15) is 17.6 Å². The lowest BCUT2D eigenvalue weighted by Gasteiger charge is -2.27. The van der Waals surface area contributed by atoms with Crippen molar-refractivity contribution in [3.05, 3.63) is 77.7 Å². The van der Waals surface area contributed by atoms with Crippen molar-refractivity contribution in [2.75, 3.05) is 34.8 Å². The average Bonchev–Trinajstić information content (AvgIpc) is 2.76. The number of carbonyl (C=O) groups excluding carboxylic acids is 1. The Labute approximate surface area is 180 Å². The van der Waals surface area contributed by atoms with E-state index in [2.05, 4.69) is 10.3 Å². The number of sulfone groups is 1. The Morgan fingerprint density at radius 1 is 1.03 bits per heavy atom. The normalized spacial score (nSPS) is 15.5. The van der Waals surface area contributed by atoms with Gasteiger partial charge in [-0.05, 0) is 53.9 Å². The monoisotopic (exact) mass is 439 g/mol. The second kappa shape index (κ2) is 8.47. The standard InChI is InChI=1S/C23H22FN3O3S/c1-16-20(17-5-8-19(24)9-6-17)3-2-4-21(16)26-23(28)18-7-10-22(25-15-18)27-11-13-31(29,30)14-12-27/h2-10,15H,11-14H2,1H3,(H,26,28). The van der Waals surface area contributed by atoms with Crippen LogP contribution in [-0.2, 0) is 9.84 Å². The number of benzene rings is 2. The number of aromatic nitrogens is 1. The van der Waals surface area contributed by atoms with Crippen molar-refractivity contribution in [1.29, 1.82) is 0 Å². The molecule has 0 bridgehead atoms. The quantitative estimate of drug-likeness (QED) is 0.671. The number of amides is 1. The molecule has 0 unspecified atom stereocenters. The molecule has 31 heavy (non-hydrogen) atoms. The first kappa shape index (κ1) is 21.0. The number of hydrogen-bond donors (Lipinski definition) is 1. The number of carbonyl (C=O) groups is 1. The number of rotatable bonds is 4. The van der Waals surface area contributed by atoms with Crippen LogP contribution in [0.3, 0.4) is 0 Å². The van der Waals surface area contributed by atoms with E-state index in [4.69, 9.17) is 0 Å². The molecule has 3 aromatic rings. The van der Waals surface area contributed by atoms with Crippen molar-refractivity contribution >= 4 is 27.2 Å². The Hall–Kier alpha value is -3.26. The molecular weight excluding hydrogens is 417 g/mol. The number of nitrogens with zero attached hydrogens (tertiary/aromatic N) is 2. The lowest BCUT2D eigenvalue weighted by atomic mass is 9.99. The molecule has 160 valence electrons. The molecule has 1 N–H and O–H groups in total. The summed E-state index contributed by atoms with van der Waals surface area (Å²) in [6, 6.07) is 15.2. The first-order valence-electron chi connectivity index (χ1n) is 9.91. The largest absolute Gasteiger partial charge is 0.355 e. The molecule has 1 fully saturated rings. The molecule has 4 rings (SSSR count). The predicted octanol–water partition coefficient (Wildman–Crippen LogP) is 3.68. The van der Waals surface area contributed by atoms with E-state index in [-0.39, 0.29) is 23.2 Å². The van der Waals surface area contributed by atoms with E-state index >= 15 is 0 Å². The first-order valence-corrected chi connectivity index (χ1v) is 11.7. The molecule has 1 aliphatic rings. The smallest absolute Gasteiger partial charge is 0.257 e. The van der Waals surface area contributed by atoms with E-state index in [0.717, 1.165) is 16.7 Å². The Balaban J connectivity index is 1.48. The summed E-state index contributed by atoms with van der Waals surface area (Å²) in [6.45, 7) is 2.70. The maximum absolute atomic E-state index is 13.2. The number of hydrogen-bond acceptors (Lipinski definition) is 5. The van der Waals surface area contributed by atoms with Crippen LogP contribution in [-0.4, -0.2) is 43.9 Å². The summed E-state index contributed by atoms with van der Waals surface area (Å²) < 4.78 is 36.4. The minimum Gasteiger partial charge on any atom is -0.355 e. The van der Waals surface area contributed by atoms with Gasteiger partial charge in [-0.3, -0.25) is 4.79 Å². The molecule has 0 radical (unpaired) electrons. The summed E-state index contributed by atoms with van der Waals surface area (Å²) in [5.41, 5.74) is 3.72. The molecule has 0 atom stereocenters. The van der Waals surface area contributed by atoms with E-state index in [0.29, 0.717) is 30.2 Å². The third-order valence-corrected chi connectivity index (χ3v) is 7.02. The van der Waals surface area contributed by atoms with Crippen molar-refractivity contribution < 1.29 is 17.6 Å². The van der Waals surface area contributed by atoms with Gasteiger partial charge < -0.3 is 10.2 Å². The number of nitrogens with one attached hydrogen (secondary N) is 1. The van der Waals surface area contributed by atoms with Crippen molar-refractivity contribution in [2.45, 2.75) is 6.92 Å². The van der Waals surface area contributed by atoms with Gasteiger partial charge in [-0.15, -0.1) is 0 Å². The molecule has 0 aliphatic carbocycles. The van der Waals surface area contributed by atoms with Gasteiger partial charge in [-0.25, -0.2) is 17.8 Å². The zero-order valence-electron chi connectivity index (χ0n) is 17.0. The van der Waals surface area contributed by atoms with Crippen LogP contribution in [0.25, 0.3) is 11.1 Å². The summed E-state index contributed by atoms with van der Waals surface area (Å²) in [6.07, 6.45) is 1.49. The van der Waals surface area contributed by atoms with Gasteiger partial charge in [0.1, 0.15) is 11.6 Å². The van der Waals surface area contributed by atoms with Gasteiger partial charge in [0.25, 0.3) is 5.91 Å². The fourth-order valence-corrected chi connectivity index (χ4v) is 4.76. The van der Waals surface area contributed by atoms with Gasteiger partial charge in [-0.1, -0.05) is 24.3 Å². The van der Waals surface area contributed by atoms with Crippen LogP contribution in [0.5, 0.6) is 0 Å². The Bertz CT molecular complexity index is 1200. The third kappa shape index (κ3) is 4.74. The van der Waals surface area contributed by atoms with Crippen LogP contribution in [0.4, 0.5) is 15.9 Å². The molecule has 1 saturated heterocycles. The number of anilines is 2. The van der Waals surface area contributed by atoms with E-state index in [1.54, 1.807) is 24.3 Å². The van der Waals surface area contributed by atoms with Gasteiger partial charge in [0, 0.05) is 25.0 Å². The highest BCUT2D eigenvalue weighted by Gasteiger charge is 2.22. The van der Waals surface area contributed by atoms with Crippen LogP contribution < -0.4 is 10.2 Å². The van der Waals surface area contributed by atoms with Gasteiger partial charge in [-0.2, -0.15) is 0 Å². The number of pyridine rings is 1. The van der Waals surface area contributed by atoms with Crippen molar-refractivity contribution in [1.82, 2.24) is 4.98 Å². The topological polar surface area (TPSA) is 79.4 Å². The molecule has 1 aromatic heterocycles. The van der Waals surface area contributed by atoms with Gasteiger partial charge in [0.05, 0.1) is 17.1 Å². The Morgan fingerprint density at radius 2 is 1.74 bits per heavy atom. The van der Waals surface area contributed by atoms with E-state index < -0.39 is 9.84 Å². The lowest BCUT2D eigenvalue weighted by Crippen LogP contribution is -2.40. The SMILES string of the molecule is Cc1c(NC(=O)c2ccc(N3CCS(=O)(=O)CC3)nc2)cccc1-c1ccc(F)cc1. The highest BCUT2D eigenvalue weighted by Crippen LogP contribution is 2.29. The van der Waals surface area contributed by atoms with Crippen molar-refractivity contribution in [3.63, 3.8) is 0 Å². The fraction of sp³-hybridized carbons (Fsp3) is 0.217. The Kier molecular flexibility index (Phi) is 5.73. The summed E-state index contributed by atoms with van der Waals surface area (Å²) in [5, 5.41) is 2.91. The fourth-order valence-electron chi connectivity index (χ4n) is 3.56. The van der Waals surface area contributed by atoms with Crippen LogP contribution in [0.15, 0.2) is 60.8 Å². The van der Waals surface area contributed by atoms with Crippen molar-refractivity contribution in [3.8, 4) is 11.1 Å².